The van der Waals surface area contributed by atoms with E-state index >= 15 is 0 Å². The highest BCUT2D eigenvalue weighted by Gasteiger charge is 2.32. The zero-order valence-electron chi connectivity index (χ0n) is 11.8. The van der Waals surface area contributed by atoms with Gasteiger partial charge in [0.25, 0.3) is 0 Å². The zero-order chi connectivity index (χ0) is 15.0. The number of hydrogen-bond donors (Lipinski definition) is 1. The van der Waals surface area contributed by atoms with Crippen molar-refractivity contribution in [2.75, 3.05) is 18.0 Å². The third-order valence-corrected chi connectivity index (χ3v) is 3.93. The van der Waals surface area contributed by atoms with Gasteiger partial charge in [-0.3, -0.25) is 15.1 Å². The largest absolute Gasteiger partial charge is 0.388 e. The number of hydrogen-bond acceptors (Lipinski definition) is 5. The number of anilines is 1. The predicted octanol–water partition coefficient (Wildman–Crippen LogP) is 2.49. The molecular formula is C15H17N3O3. The summed E-state index contributed by atoms with van der Waals surface area (Å²) in [5.74, 6) is 0. The number of nitro benzene ring substituents is 1. The van der Waals surface area contributed by atoms with Gasteiger partial charge >= 0.3 is 5.69 Å². The van der Waals surface area contributed by atoms with Crippen LogP contribution in [0.2, 0.25) is 0 Å². The van der Waals surface area contributed by atoms with Gasteiger partial charge in [0.05, 0.1) is 21.4 Å². The number of benzene rings is 1. The lowest BCUT2D eigenvalue weighted by molar-refractivity contribution is -0.382. The molecule has 0 bridgehead atoms. The summed E-state index contributed by atoms with van der Waals surface area (Å²) in [5.41, 5.74) is 0.422. The van der Waals surface area contributed by atoms with Gasteiger partial charge in [-0.05, 0) is 44.0 Å². The molecule has 0 radical (unpaired) electrons. The van der Waals surface area contributed by atoms with Gasteiger partial charge in [-0.2, -0.15) is 0 Å². The number of piperidine rings is 1. The molecule has 1 aromatic carbocycles. The molecule has 110 valence electrons. The van der Waals surface area contributed by atoms with Crippen molar-refractivity contribution in [1.82, 2.24) is 4.98 Å². The number of aliphatic hydroxyl groups is 1. The first kappa shape index (κ1) is 13.8. The van der Waals surface area contributed by atoms with Crippen LogP contribution < -0.4 is 4.90 Å². The Balaban J connectivity index is 2.14. The maximum atomic E-state index is 11.5. The molecule has 1 saturated heterocycles. The molecule has 1 unspecified atom stereocenters. The lowest BCUT2D eigenvalue weighted by Crippen LogP contribution is -2.46. The monoisotopic (exact) mass is 287 g/mol. The number of fused-ring (bicyclic) bond motifs is 1. The Bertz CT molecular complexity index is 700. The number of pyridine rings is 1. The van der Waals surface area contributed by atoms with Crippen molar-refractivity contribution in [3.8, 4) is 0 Å². The van der Waals surface area contributed by atoms with Gasteiger partial charge in [-0.25, -0.2) is 0 Å². The Kier molecular flexibility index (Phi) is 3.25. The van der Waals surface area contributed by atoms with Crippen molar-refractivity contribution in [2.24, 2.45) is 0 Å². The third-order valence-electron chi connectivity index (χ3n) is 3.93. The molecule has 2 aromatic rings. The lowest BCUT2D eigenvalue weighted by Gasteiger charge is -2.38. The van der Waals surface area contributed by atoms with E-state index < -0.39 is 5.60 Å². The minimum absolute atomic E-state index is 0.0679. The number of rotatable bonds is 2. The fourth-order valence-corrected chi connectivity index (χ4v) is 3.00. The summed E-state index contributed by atoms with van der Waals surface area (Å²) in [6, 6.07) is 6.94. The smallest absolute Gasteiger partial charge is 0.301 e. The molecule has 6 nitrogen and oxygen atoms in total. The molecular weight excluding hydrogens is 270 g/mol. The third kappa shape index (κ3) is 2.54. The summed E-state index contributed by atoms with van der Waals surface area (Å²) < 4.78 is 0. The fraction of sp³-hybridized carbons (Fsp3) is 0.400. The predicted molar refractivity (Wildman–Crippen MR) is 80.5 cm³/mol. The molecule has 1 aliphatic heterocycles. The zero-order valence-corrected chi connectivity index (χ0v) is 11.8. The molecule has 1 N–H and O–H groups in total. The van der Waals surface area contributed by atoms with E-state index in [-0.39, 0.29) is 10.6 Å². The van der Waals surface area contributed by atoms with Crippen LogP contribution in [0.4, 0.5) is 11.4 Å². The maximum absolute atomic E-state index is 11.5. The first-order valence-corrected chi connectivity index (χ1v) is 6.97. The van der Waals surface area contributed by atoms with E-state index in [4.69, 9.17) is 0 Å². The SMILES string of the molecule is CC1(O)CCCN(c2ccc3ncccc3c2[N+](=O)[O-])C1. The summed E-state index contributed by atoms with van der Waals surface area (Å²) in [7, 11) is 0. The summed E-state index contributed by atoms with van der Waals surface area (Å²) in [4.78, 5) is 17.2. The summed E-state index contributed by atoms with van der Waals surface area (Å²) in [6.45, 7) is 2.88. The van der Waals surface area contributed by atoms with Gasteiger partial charge in [0.15, 0.2) is 0 Å². The molecule has 0 saturated carbocycles. The highest BCUT2D eigenvalue weighted by molar-refractivity contribution is 5.94. The normalized spacial score (nSPS) is 22.5. The van der Waals surface area contributed by atoms with Gasteiger partial charge in [0.2, 0.25) is 0 Å². The van der Waals surface area contributed by atoms with Crippen molar-refractivity contribution >= 4 is 22.3 Å². The molecule has 1 fully saturated rings. The molecule has 21 heavy (non-hydrogen) atoms. The second-order valence-corrected chi connectivity index (χ2v) is 5.78. The van der Waals surface area contributed by atoms with E-state index in [0.717, 1.165) is 6.42 Å². The second kappa shape index (κ2) is 4.96. The highest BCUT2D eigenvalue weighted by Crippen LogP contribution is 2.37. The van der Waals surface area contributed by atoms with Crippen LogP contribution in [-0.2, 0) is 0 Å². The molecule has 6 heteroatoms. The van der Waals surface area contributed by atoms with Crippen molar-refractivity contribution in [2.45, 2.75) is 25.4 Å². The van der Waals surface area contributed by atoms with Gasteiger partial charge in [-0.15, -0.1) is 0 Å². The van der Waals surface area contributed by atoms with Crippen LogP contribution in [-0.4, -0.2) is 33.7 Å². The van der Waals surface area contributed by atoms with Gasteiger partial charge in [0.1, 0.15) is 5.69 Å². The molecule has 0 spiro atoms. The highest BCUT2D eigenvalue weighted by atomic mass is 16.6. The Morgan fingerprint density at radius 3 is 2.95 bits per heavy atom. The molecule has 3 rings (SSSR count). The van der Waals surface area contributed by atoms with Crippen LogP contribution >= 0.6 is 0 Å². The minimum Gasteiger partial charge on any atom is -0.388 e. The van der Waals surface area contributed by atoms with Gasteiger partial charge in [-0.1, -0.05) is 0 Å². The van der Waals surface area contributed by atoms with Crippen molar-refractivity contribution in [3.05, 3.63) is 40.6 Å². The minimum atomic E-state index is -0.810. The first-order chi connectivity index (χ1) is 9.98. The number of nitrogens with zero attached hydrogens (tertiary/aromatic N) is 3. The Morgan fingerprint density at radius 1 is 1.43 bits per heavy atom. The van der Waals surface area contributed by atoms with Crippen LogP contribution in [0.3, 0.4) is 0 Å². The van der Waals surface area contributed by atoms with Crippen LogP contribution in [0.5, 0.6) is 0 Å². The van der Waals surface area contributed by atoms with Crippen LogP contribution in [0.25, 0.3) is 10.9 Å². The van der Waals surface area contributed by atoms with Gasteiger partial charge in [0, 0.05) is 19.3 Å². The van der Waals surface area contributed by atoms with Crippen LogP contribution in [0.1, 0.15) is 19.8 Å². The Morgan fingerprint density at radius 2 is 2.24 bits per heavy atom. The van der Waals surface area contributed by atoms with E-state index in [2.05, 4.69) is 4.98 Å². The lowest BCUT2D eigenvalue weighted by atomic mass is 9.94. The van der Waals surface area contributed by atoms with E-state index in [1.165, 1.54) is 0 Å². The molecule has 1 atom stereocenters. The molecule has 1 aliphatic rings. The van der Waals surface area contributed by atoms with E-state index in [1.807, 2.05) is 4.90 Å². The summed E-state index contributed by atoms with van der Waals surface area (Å²) in [5, 5.41) is 22.3. The standard InChI is InChI=1S/C15H17N3O3/c1-15(19)7-3-9-17(10-15)13-6-5-12-11(4-2-8-16-12)14(13)18(20)21/h2,4-6,8,19H,3,7,9-10H2,1H3. The molecule has 0 aliphatic carbocycles. The van der Waals surface area contributed by atoms with Gasteiger partial charge < -0.3 is 10.0 Å². The molecule has 2 heterocycles. The number of aromatic nitrogens is 1. The Hall–Kier alpha value is -2.21. The topological polar surface area (TPSA) is 79.5 Å². The average Bonchev–Trinajstić information content (AvgIpc) is 2.44. The molecule has 1 aromatic heterocycles. The maximum Gasteiger partial charge on any atom is 0.301 e. The van der Waals surface area contributed by atoms with Crippen molar-refractivity contribution < 1.29 is 10.0 Å². The fourth-order valence-electron chi connectivity index (χ4n) is 3.00. The van der Waals surface area contributed by atoms with Crippen molar-refractivity contribution in [1.29, 1.82) is 0 Å². The van der Waals surface area contributed by atoms with E-state index in [1.54, 1.807) is 37.4 Å². The Labute approximate surface area is 122 Å². The quantitative estimate of drug-likeness (QED) is 0.678. The summed E-state index contributed by atoms with van der Waals surface area (Å²) in [6.07, 6.45) is 3.15. The van der Waals surface area contributed by atoms with Crippen LogP contribution in [0, 0.1) is 10.1 Å². The first-order valence-electron chi connectivity index (χ1n) is 6.97. The van der Waals surface area contributed by atoms with E-state index in [0.29, 0.717) is 36.1 Å². The summed E-state index contributed by atoms with van der Waals surface area (Å²) >= 11 is 0. The number of β-amino-alcohol motifs (C(OH)–C–C–N with tert-alkyl or cyclic N) is 1. The number of nitro groups is 1. The second-order valence-electron chi connectivity index (χ2n) is 5.78. The van der Waals surface area contributed by atoms with Crippen LogP contribution in [0.15, 0.2) is 30.5 Å². The van der Waals surface area contributed by atoms with E-state index in [9.17, 15) is 15.2 Å². The molecule has 0 amide bonds. The van der Waals surface area contributed by atoms with Crippen molar-refractivity contribution in [3.63, 3.8) is 0 Å². The average molecular weight is 287 g/mol.